The highest BCUT2D eigenvalue weighted by atomic mass is 15.3. The standard InChI is InChI=1S/C12H19N5/c1-11(3-5-13)12(4-6-15-14)17-9-7-16(2)8-10-17/h4,6H,1,3,7-10,14H2,2H3/b12-4+,15-6-. The van der Waals surface area contributed by atoms with E-state index < -0.39 is 0 Å². The summed E-state index contributed by atoms with van der Waals surface area (Å²) in [5, 5.41) is 12.2. The highest BCUT2D eigenvalue weighted by molar-refractivity contribution is 5.73. The molecule has 0 bridgehead atoms. The molecule has 0 amide bonds. The lowest BCUT2D eigenvalue weighted by Gasteiger charge is -2.35. The Kier molecular flexibility index (Phi) is 5.24. The highest BCUT2D eigenvalue weighted by Crippen LogP contribution is 2.17. The van der Waals surface area contributed by atoms with Gasteiger partial charge in [-0.1, -0.05) is 6.58 Å². The topological polar surface area (TPSA) is 68.6 Å². The molecule has 0 aromatic carbocycles. The van der Waals surface area contributed by atoms with E-state index in [0.717, 1.165) is 37.4 Å². The Bertz CT molecular complexity index is 356. The van der Waals surface area contributed by atoms with Crippen LogP contribution in [0.1, 0.15) is 6.42 Å². The zero-order valence-electron chi connectivity index (χ0n) is 10.3. The SMILES string of the molecule is C=C(CC#N)/C(=C\C=N/N)N1CCN(C)CC1. The largest absolute Gasteiger partial charge is 0.369 e. The fourth-order valence-electron chi connectivity index (χ4n) is 1.79. The van der Waals surface area contributed by atoms with E-state index in [2.05, 4.69) is 34.6 Å². The van der Waals surface area contributed by atoms with Gasteiger partial charge in [-0.25, -0.2) is 0 Å². The minimum Gasteiger partial charge on any atom is -0.369 e. The number of rotatable bonds is 4. The minimum atomic E-state index is 0.330. The van der Waals surface area contributed by atoms with Crippen molar-refractivity contribution in [1.29, 1.82) is 5.26 Å². The second-order valence-electron chi connectivity index (χ2n) is 4.08. The summed E-state index contributed by atoms with van der Waals surface area (Å²) >= 11 is 0. The number of nitriles is 1. The minimum absolute atomic E-state index is 0.330. The molecule has 1 aliphatic rings. The van der Waals surface area contributed by atoms with Gasteiger partial charge in [0, 0.05) is 38.1 Å². The van der Waals surface area contributed by atoms with Crippen molar-refractivity contribution in [2.24, 2.45) is 10.9 Å². The van der Waals surface area contributed by atoms with Gasteiger partial charge in [0.2, 0.25) is 0 Å². The average Bonchev–Trinajstić information content (AvgIpc) is 2.32. The summed E-state index contributed by atoms with van der Waals surface area (Å²) in [4.78, 5) is 4.50. The van der Waals surface area contributed by atoms with Crippen LogP contribution in [0.4, 0.5) is 0 Å². The molecule has 0 aliphatic carbocycles. The van der Waals surface area contributed by atoms with Crippen LogP contribution < -0.4 is 5.84 Å². The number of nitrogens with zero attached hydrogens (tertiary/aromatic N) is 4. The summed E-state index contributed by atoms with van der Waals surface area (Å²) in [5.41, 5.74) is 1.78. The van der Waals surface area contributed by atoms with E-state index in [0.29, 0.717) is 6.42 Å². The van der Waals surface area contributed by atoms with E-state index in [-0.39, 0.29) is 0 Å². The molecule has 0 atom stereocenters. The molecule has 1 saturated heterocycles. The molecule has 2 N–H and O–H groups in total. The fraction of sp³-hybridized carbons (Fsp3) is 0.500. The van der Waals surface area contributed by atoms with Crippen LogP contribution in [0.15, 0.2) is 29.0 Å². The van der Waals surface area contributed by atoms with Crippen molar-refractivity contribution in [3.63, 3.8) is 0 Å². The van der Waals surface area contributed by atoms with Gasteiger partial charge >= 0.3 is 0 Å². The number of hydrogen-bond acceptors (Lipinski definition) is 5. The maximum absolute atomic E-state index is 8.73. The van der Waals surface area contributed by atoms with Gasteiger partial charge in [-0.3, -0.25) is 0 Å². The molecule has 5 heteroatoms. The van der Waals surface area contributed by atoms with Crippen molar-refractivity contribution in [1.82, 2.24) is 9.80 Å². The number of hydrogen-bond donors (Lipinski definition) is 1. The summed E-state index contributed by atoms with van der Waals surface area (Å²) in [6.45, 7) is 7.84. The average molecular weight is 233 g/mol. The number of likely N-dealkylation sites (N-methyl/N-ethyl adjacent to an activating group) is 1. The number of nitrogens with two attached hydrogens (primary N) is 1. The van der Waals surface area contributed by atoms with Crippen LogP contribution in [0.2, 0.25) is 0 Å². The predicted molar refractivity (Wildman–Crippen MR) is 69.2 cm³/mol. The zero-order chi connectivity index (χ0) is 12.7. The molecule has 1 aliphatic heterocycles. The molecule has 0 spiro atoms. The predicted octanol–water partition coefficient (Wildman–Crippen LogP) is 0.532. The van der Waals surface area contributed by atoms with Gasteiger partial charge in [0.25, 0.3) is 0 Å². The third kappa shape index (κ3) is 3.93. The van der Waals surface area contributed by atoms with Crippen molar-refractivity contribution < 1.29 is 0 Å². The van der Waals surface area contributed by atoms with Crippen molar-refractivity contribution in [3.05, 3.63) is 23.9 Å². The Morgan fingerprint density at radius 2 is 2.12 bits per heavy atom. The lowest BCUT2D eigenvalue weighted by Crippen LogP contribution is -2.44. The molecule has 1 fully saturated rings. The Hall–Kier alpha value is -1.80. The maximum Gasteiger partial charge on any atom is 0.0670 e. The van der Waals surface area contributed by atoms with Gasteiger partial charge in [0.15, 0.2) is 0 Å². The quantitative estimate of drug-likeness (QED) is 0.333. The molecule has 0 radical (unpaired) electrons. The van der Waals surface area contributed by atoms with Crippen molar-refractivity contribution in [2.45, 2.75) is 6.42 Å². The summed E-state index contributed by atoms with van der Waals surface area (Å²) in [6.07, 6.45) is 3.69. The van der Waals surface area contributed by atoms with Crippen LogP contribution in [0.5, 0.6) is 0 Å². The number of allylic oxidation sites excluding steroid dienone is 2. The van der Waals surface area contributed by atoms with Gasteiger partial charge in [-0.15, -0.1) is 0 Å². The highest BCUT2D eigenvalue weighted by Gasteiger charge is 2.17. The Labute approximate surface area is 102 Å². The normalized spacial score (nSPS) is 18.4. The van der Waals surface area contributed by atoms with Crippen LogP contribution in [0, 0.1) is 11.3 Å². The number of piperazine rings is 1. The maximum atomic E-state index is 8.73. The van der Waals surface area contributed by atoms with Crippen molar-refractivity contribution >= 4 is 6.21 Å². The first-order chi connectivity index (χ1) is 8.19. The second kappa shape index (κ2) is 6.71. The zero-order valence-corrected chi connectivity index (χ0v) is 10.3. The van der Waals surface area contributed by atoms with Gasteiger partial charge < -0.3 is 15.6 Å². The first-order valence-corrected chi connectivity index (χ1v) is 5.61. The molecule has 5 nitrogen and oxygen atoms in total. The van der Waals surface area contributed by atoms with Crippen LogP contribution in [-0.4, -0.2) is 49.2 Å². The van der Waals surface area contributed by atoms with E-state index in [9.17, 15) is 0 Å². The van der Waals surface area contributed by atoms with Crippen LogP contribution in [0.25, 0.3) is 0 Å². The van der Waals surface area contributed by atoms with Crippen LogP contribution >= 0.6 is 0 Å². The summed E-state index contributed by atoms with van der Waals surface area (Å²) in [6, 6.07) is 2.12. The van der Waals surface area contributed by atoms with E-state index in [1.807, 2.05) is 6.08 Å². The third-order valence-electron chi connectivity index (χ3n) is 2.82. The van der Waals surface area contributed by atoms with Crippen LogP contribution in [-0.2, 0) is 0 Å². The van der Waals surface area contributed by atoms with Gasteiger partial charge in [0.05, 0.1) is 12.5 Å². The molecule has 0 aromatic heterocycles. The molecular weight excluding hydrogens is 214 g/mol. The van der Waals surface area contributed by atoms with Gasteiger partial charge in [-0.2, -0.15) is 10.4 Å². The van der Waals surface area contributed by atoms with Crippen LogP contribution in [0.3, 0.4) is 0 Å². The lowest BCUT2D eigenvalue weighted by molar-refractivity contribution is 0.188. The number of hydrazone groups is 1. The summed E-state index contributed by atoms with van der Waals surface area (Å²) in [5.74, 6) is 5.11. The van der Waals surface area contributed by atoms with Crippen molar-refractivity contribution in [3.8, 4) is 6.07 Å². The fourth-order valence-corrected chi connectivity index (χ4v) is 1.79. The van der Waals surface area contributed by atoms with Gasteiger partial charge in [0.1, 0.15) is 0 Å². The molecule has 1 heterocycles. The first-order valence-electron chi connectivity index (χ1n) is 5.61. The monoisotopic (exact) mass is 233 g/mol. The molecule has 0 aromatic rings. The Balaban J connectivity index is 2.77. The van der Waals surface area contributed by atoms with Crippen molar-refractivity contribution in [2.75, 3.05) is 33.2 Å². The lowest BCUT2D eigenvalue weighted by atomic mass is 10.1. The van der Waals surface area contributed by atoms with E-state index in [4.69, 9.17) is 11.1 Å². The van der Waals surface area contributed by atoms with E-state index >= 15 is 0 Å². The van der Waals surface area contributed by atoms with E-state index in [1.54, 1.807) is 0 Å². The van der Waals surface area contributed by atoms with E-state index in [1.165, 1.54) is 6.21 Å². The molecule has 0 unspecified atom stereocenters. The third-order valence-corrected chi connectivity index (χ3v) is 2.82. The first kappa shape index (κ1) is 13.3. The molecule has 0 saturated carbocycles. The smallest absolute Gasteiger partial charge is 0.0670 e. The summed E-state index contributed by atoms with van der Waals surface area (Å²) < 4.78 is 0. The summed E-state index contributed by atoms with van der Waals surface area (Å²) in [7, 11) is 2.10. The second-order valence-corrected chi connectivity index (χ2v) is 4.08. The molecular formula is C12H19N5. The molecule has 92 valence electrons. The molecule has 17 heavy (non-hydrogen) atoms. The van der Waals surface area contributed by atoms with Gasteiger partial charge in [-0.05, 0) is 18.7 Å². The molecule has 1 rings (SSSR count). The Morgan fingerprint density at radius 3 is 2.65 bits per heavy atom. The Morgan fingerprint density at radius 1 is 1.47 bits per heavy atom.